The lowest BCUT2D eigenvalue weighted by Gasteiger charge is -2.23. The molecule has 4 nitrogen and oxygen atoms in total. The van der Waals surface area contributed by atoms with Crippen LogP contribution in [0.15, 0.2) is 24.3 Å². The van der Waals surface area contributed by atoms with Crippen molar-refractivity contribution in [3.8, 4) is 10.6 Å². The van der Waals surface area contributed by atoms with E-state index in [1.807, 2.05) is 38.1 Å². The van der Waals surface area contributed by atoms with Gasteiger partial charge < -0.3 is 9.64 Å². The minimum atomic E-state index is -0.0344. The van der Waals surface area contributed by atoms with Gasteiger partial charge in [-0.05, 0) is 26.0 Å². The maximum absolute atomic E-state index is 12.6. The molecule has 0 saturated heterocycles. The molecule has 2 aromatic rings. The number of benzene rings is 1. The van der Waals surface area contributed by atoms with Gasteiger partial charge in [0.1, 0.15) is 9.88 Å². The number of aromatic nitrogens is 1. The molecule has 118 valence electrons. The van der Waals surface area contributed by atoms with Crippen molar-refractivity contribution in [1.82, 2.24) is 9.88 Å². The molecule has 0 aliphatic heterocycles. The number of carbonyl (C=O) groups excluding carboxylic acids is 1. The smallest absolute Gasteiger partial charge is 0.265 e. The number of carbonyl (C=O) groups is 1. The fourth-order valence-electron chi connectivity index (χ4n) is 2.05. The number of thiazole rings is 1. The summed E-state index contributed by atoms with van der Waals surface area (Å²) in [4.78, 5) is 19.5. The van der Waals surface area contributed by atoms with Gasteiger partial charge in [0, 0.05) is 24.7 Å². The molecular weight excluding hydrogens is 320 g/mol. The Morgan fingerprint density at radius 1 is 1.50 bits per heavy atom. The van der Waals surface area contributed by atoms with Gasteiger partial charge in [-0.2, -0.15) is 0 Å². The molecular formula is C16H19ClN2O2S. The Bertz CT molecular complexity index is 672. The van der Waals surface area contributed by atoms with Crippen LogP contribution in [0.2, 0.25) is 5.02 Å². The van der Waals surface area contributed by atoms with E-state index in [4.69, 9.17) is 16.3 Å². The van der Waals surface area contributed by atoms with Gasteiger partial charge in [0.25, 0.3) is 5.91 Å². The van der Waals surface area contributed by atoms with Crippen LogP contribution >= 0.6 is 22.9 Å². The normalized spacial score (nSPS) is 12.2. The Morgan fingerprint density at radius 2 is 2.23 bits per heavy atom. The SMILES string of the molecule is COCC(C)N(C)C(=O)c1sc(-c2cccc(Cl)c2)nc1C. The molecule has 0 spiro atoms. The molecule has 1 atom stereocenters. The number of nitrogens with zero attached hydrogens (tertiary/aromatic N) is 2. The number of likely N-dealkylation sites (N-methyl/N-ethyl adjacent to an activating group) is 1. The molecule has 1 heterocycles. The second-order valence-electron chi connectivity index (χ2n) is 5.16. The van der Waals surface area contributed by atoms with Crippen LogP contribution in [0.5, 0.6) is 0 Å². The van der Waals surface area contributed by atoms with E-state index in [0.29, 0.717) is 16.5 Å². The maximum Gasteiger partial charge on any atom is 0.265 e. The summed E-state index contributed by atoms with van der Waals surface area (Å²) in [6.45, 7) is 4.31. The third-order valence-electron chi connectivity index (χ3n) is 3.45. The minimum absolute atomic E-state index is 0.00798. The predicted molar refractivity (Wildman–Crippen MR) is 90.7 cm³/mol. The lowest BCUT2D eigenvalue weighted by molar-refractivity contribution is 0.0637. The Morgan fingerprint density at radius 3 is 2.86 bits per heavy atom. The molecule has 0 fully saturated rings. The summed E-state index contributed by atoms with van der Waals surface area (Å²) in [6, 6.07) is 7.50. The summed E-state index contributed by atoms with van der Waals surface area (Å²) >= 11 is 7.41. The summed E-state index contributed by atoms with van der Waals surface area (Å²) in [5.41, 5.74) is 1.66. The maximum atomic E-state index is 12.6. The van der Waals surface area contributed by atoms with Crippen molar-refractivity contribution in [3.63, 3.8) is 0 Å². The first-order valence-electron chi connectivity index (χ1n) is 6.93. The number of aryl methyl sites for hydroxylation is 1. The lowest BCUT2D eigenvalue weighted by atomic mass is 10.2. The third-order valence-corrected chi connectivity index (χ3v) is 4.88. The van der Waals surface area contributed by atoms with Crippen LogP contribution in [-0.2, 0) is 4.74 Å². The fourth-order valence-corrected chi connectivity index (χ4v) is 3.29. The van der Waals surface area contributed by atoms with Crippen LogP contribution in [0.25, 0.3) is 10.6 Å². The summed E-state index contributed by atoms with van der Waals surface area (Å²) in [5.74, 6) is -0.0344. The van der Waals surface area contributed by atoms with Gasteiger partial charge in [0.05, 0.1) is 18.3 Å². The van der Waals surface area contributed by atoms with Gasteiger partial charge in [-0.15, -0.1) is 11.3 Å². The lowest BCUT2D eigenvalue weighted by Crippen LogP contribution is -2.37. The van der Waals surface area contributed by atoms with Crippen LogP contribution in [0.1, 0.15) is 22.3 Å². The highest BCUT2D eigenvalue weighted by Gasteiger charge is 2.22. The Kier molecular flexibility index (Phi) is 5.56. The fraction of sp³-hybridized carbons (Fsp3) is 0.375. The highest BCUT2D eigenvalue weighted by molar-refractivity contribution is 7.17. The summed E-state index contributed by atoms with van der Waals surface area (Å²) < 4.78 is 5.11. The highest BCUT2D eigenvalue weighted by Crippen LogP contribution is 2.30. The Balaban J connectivity index is 2.28. The first-order chi connectivity index (χ1) is 10.4. The van der Waals surface area contributed by atoms with Crippen LogP contribution < -0.4 is 0 Å². The first kappa shape index (κ1) is 16.9. The van der Waals surface area contributed by atoms with Gasteiger partial charge in [-0.25, -0.2) is 4.98 Å². The summed E-state index contributed by atoms with van der Waals surface area (Å²) in [5, 5.41) is 1.46. The number of ether oxygens (including phenoxy) is 1. The molecule has 0 aliphatic carbocycles. The molecule has 0 bridgehead atoms. The summed E-state index contributed by atoms with van der Waals surface area (Å²) in [7, 11) is 3.41. The molecule has 0 saturated carbocycles. The van der Waals surface area contributed by atoms with E-state index < -0.39 is 0 Å². The minimum Gasteiger partial charge on any atom is -0.383 e. The van der Waals surface area contributed by atoms with Crippen molar-refractivity contribution in [3.05, 3.63) is 39.9 Å². The number of hydrogen-bond acceptors (Lipinski definition) is 4. The van der Waals surface area contributed by atoms with E-state index in [1.54, 1.807) is 19.1 Å². The third kappa shape index (κ3) is 3.66. The van der Waals surface area contributed by atoms with Crippen molar-refractivity contribution in [2.24, 2.45) is 0 Å². The standard InChI is InChI=1S/C16H19ClN2O2S/c1-10(9-21-4)19(3)16(20)14-11(2)18-15(22-14)12-6-5-7-13(17)8-12/h5-8,10H,9H2,1-4H3. The molecule has 1 amide bonds. The number of hydrogen-bond donors (Lipinski definition) is 0. The number of halogens is 1. The quantitative estimate of drug-likeness (QED) is 0.830. The number of amides is 1. The highest BCUT2D eigenvalue weighted by atomic mass is 35.5. The Labute approximate surface area is 139 Å². The average Bonchev–Trinajstić information content (AvgIpc) is 2.88. The first-order valence-corrected chi connectivity index (χ1v) is 8.13. The van der Waals surface area contributed by atoms with Gasteiger partial charge in [-0.3, -0.25) is 4.79 Å². The van der Waals surface area contributed by atoms with E-state index in [0.717, 1.165) is 16.3 Å². The number of methoxy groups -OCH3 is 1. The van der Waals surface area contributed by atoms with E-state index in [9.17, 15) is 4.79 Å². The topological polar surface area (TPSA) is 42.4 Å². The average molecular weight is 339 g/mol. The van der Waals surface area contributed by atoms with Gasteiger partial charge >= 0.3 is 0 Å². The Hall–Kier alpha value is -1.43. The van der Waals surface area contributed by atoms with Crippen molar-refractivity contribution in [2.75, 3.05) is 20.8 Å². The second kappa shape index (κ2) is 7.22. The molecule has 0 N–H and O–H groups in total. The molecule has 1 aromatic heterocycles. The zero-order valence-corrected chi connectivity index (χ0v) is 14.7. The number of rotatable bonds is 5. The van der Waals surface area contributed by atoms with Gasteiger partial charge in [0.15, 0.2) is 0 Å². The monoisotopic (exact) mass is 338 g/mol. The van der Waals surface area contributed by atoms with Crippen molar-refractivity contribution in [2.45, 2.75) is 19.9 Å². The van der Waals surface area contributed by atoms with E-state index in [2.05, 4.69) is 4.98 Å². The van der Waals surface area contributed by atoms with E-state index >= 15 is 0 Å². The molecule has 1 unspecified atom stereocenters. The van der Waals surface area contributed by atoms with Crippen LogP contribution in [0, 0.1) is 6.92 Å². The van der Waals surface area contributed by atoms with Gasteiger partial charge in [0.2, 0.25) is 0 Å². The second-order valence-corrected chi connectivity index (χ2v) is 6.60. The van der Waals surface area contributed by atoms with Crippen molar-refractivity contribution < 1.29 is 9.53 Å². The predicted octanol–water partition coefficient (Wildman–Crippen LogP) is 3.88. The zero-order valence-electron chi connectivity index (χ0n) is 13.1. The zero-order chi connectivity index (χ0) is 16.3. The molecule has 0 aliphatic rings. The van der Waals surface area contributed by atoms with Crippen LogP contribution in [0.3, 0.4) is 0 Å². The van der Waals surface area contributed by atoms with Crippen LogP contribution in [0.4, 0.5) is 0 Å². The molecule has 22 heavy (non-hydrogen) atoms. The molecule has 1 aromatic carbocycles. The van der Waals surface area contributed by atoms with Crippen LogP contribution in [-0.4, -0.2) is 42.6 Å². The van der Waals surface area contributed by atoms with Gasteiger partial charge in [-0.1, -0.05) is 23.7 Å². The van der Waals surface area contributed by atoms with E-state index in [1.165, 1.54) is 11.3 Å². The van der Waals surface area contributed by atoms with Crippen molar-refractivity contribution >= 4 is 28.8 Å². The van der Waals surface area contributed by atoms with E-state index in [-0.39, 0.29) is 11.9 Å². The molecule has 0 radical (unpaired) electrons. The molecule has 6 heteroatoms. The molecule has 2 rings (SSSR count). The largest absolute Gasteiger partial charge is 0.383 e. The van der Waals surface area contributed by atoms with Crippen molar-refractivity contribution in [1.29, 1.82) is 0 Å². The summed E-state index contributed by atoms with van der Waals surface area (Å²) in [6.07, 6.45) is 0.